The van der Waals surface area contributed by atoms with Crippen molar-refractivity contribution >= 4 is 34.8 Å². The van der Waals surface area contributed by atoms with Gasteiger partial charge < -0.3 is 9.30 Å². The van der Waals surface area contributed by atoms with Gasteiger partial charge in [-0.3, -0.25) is 4.79 Å². The lowest BCUT2D eigenvalue weighted by atomic mass is 10.1. The number of halogens is 2. The molecule has 0 aliphatic heterocycles. The molecule has 3 aromatic rings. The first-order chi connectivity index (χ1) is 14.0. The first kappa shape index (κ1) is 20.9. The summed E-state index contributed by atoms with van der Waals surface area (Å²) < 4.78 is 7.48. The summed E-state index contributed by atoms with van der Waals surface area (Å²) in [6.45, 7) is 2.21. The first-order valence-electron chi connectivity index (χ1n) is 9.02. The molecular formula is C21H20Cl2N4O2. The highest BCUT2D eigenvalue weighted by Gasteiger charge is 2.05. The minimum Gasteiger partial charge on any atom is -0.492 e. The van der Waals surface area contributed by atoms with E-state index < -0.39 is 0 Å². The van der Waals surface area contributed by atoms with Gasteiger partial charge >= 0.3 is 0 Å². The van der Waals surface area contributed by atoms with Gasteiger partial charge in [0.25, 0.3) is 0 Å². The smallest absolute Gasteiger partial charge is 0.240 e. The average molecular weight is 431 g/mol. The third-order valence-corrected chi connectivity index (χ3v) is 4.67. The number of amides is 1. The van der Waals surface area contributed by atoms with Crippen LogP contribution < -0.4 is 10.2 Å². The van der Waals surface area contributed by atoms with Crippen molar-refractivity contribution in [3.8, 4) is 11.4 Å². The second-order valence-corrected chi connectivity index (χ2v) is 7.12. The monoisotopic (exact) mass is 430 g/mol. The number of aromatic nitrogens is 2. The Bertz CT molecular complexity index is 986. The van der Waals surface area contributed by atoms with E-state index in [0.717, 1.165) is 17.0 Å². The van der Waals surface area contributed by atoms with Crippen molar-refractivity contribution < 1.29 is 9.53 Å². The summed E-state index contributed by atoms with van der Waals surface area (Å²) in [6.07, 6.45) is 6.17. The lowest BCUT2D eigenvalue weighted by Gasteiger charge is -2.08. The van der Waals surface area contributed by atoms with Crippen molar-refractivity contribution in [1.29, 1.82) is 0 Å². The second kappa shape index (κ2) is 10.1. The number of carbonyl (C=O) groups is 1. The number of benzene rings is 2. The molecule has 1 N–H and O–H groups in total. The van der Waals surface area contributed by atoms with Gasteiger partial charge in [-0.1, -0.05) is 35.3 Å². The molecule has 0 radical (unpaired) electrons. The van der Waals surface area contributed by atoms with Gasteiger partial charge in [-0.15, -0.1) is 0 Å². The maximum atomic E-state index is 12.0. The van der Waals surface area contributed by atoms with Gasteiger partial charge in [-0.05, 0) is 49.2 Å². The minimum atomic E-state index is -0.176. The number of hydrogen-bond acceptors (Lipinski definition) is 4. The Kier molecular flexibility index (Phi) is 7.27. The Morgan fingerprint density at radius 1 is 1.21 bits per heavy atom. The highest BCUT2D eigenvalue weighted by molar-refractivity contribution is 6.35. The van der Waals surface area contributed by atoms with E-state index in [9.17, 15) is 4.79 Å². The Hall–Kier alpha value is -2.83. The van der Waals surface area contributed by atoms with Gasteiger partial charge in [0.05, 0.1) is 23.7 Å². The van der Waals surface area contributed by atoms with Gasteiger partial charge in [0.1, 0.15) is 5.75 Å². The molecule has 0 aliphatic carbocycles. The van der Waals surface area contributed by atoms with E-state index in [2.05, 4.69) is 15.5 Å². The van der Waals surface area contributed by atoms with Gasteiger partial charge in [0.2, 0.25) is 5.91 Å². The van der Waals surface area contributed by atoms with E-state index in [-0.39, 0.29) is 5.91 Å². The zero-order valence-corrected chi connectivity index (χ0v) is 17.3. The van der Waals surface area contributed by atoms with Crippen LogP contribution in [0.2, 0.25) is 10.0 Å². The Morgan fingerprint density at radius 2 is 2.00 bits per heavy atom. The molecule has 1 heterocycles. The minimum absolute atomic E-state index is 0.176. The molecule has 0 unspecified atom stereocenters. The molecule has 1 aromatic heterocycles. The van der Waals surface area contributed by atoms with E-state index in [1.54, 1.807) is 30.7 Å². The topological polar surface area (TPSA) is 68.5 Å². The number of nitrogens with zero attached hydrogens (tertiary/aromatic N) is 3. The van der Waals surface area contributed by atoms with Crippen LogP contribution in [0.4, 0.5) is 0 Å². The van der Waals surface area contributed by atoms with Crippen molar-refractivity contribution in [1.82, 2.24) is 15.0 Å². The van der Waals surface area contributed by atoms with Crippen LogP contribution >= 0.6 is 23.2 Å². The fourth-order valence-corrected chi connectivity index (χ4v) is 3.02. The third kappa shape index (κ3) is 6.07. The molecule has 1 amide bonds. The summed E-state index contributed by atoms with van der Waals surface area (Å²) in [6, 6.07) is 12.9. The summed E-state index contributed by atoms with van der Waals surface area (Å²) >= 11 is 11.9. The summed E-state index contributed by atoms with van der Waals surface area (Å²) in [4.78, 5) is 16.0. The van der Waals surface area contributed by atoms with Crippen molar-refractivity contribution in [2.75, 3.05) is 6.61 Å². The van der Waals surface area contributed by atoms with Crippen molar-refractivity contribution in [3.63, 3.8) is 0 Å². The van der Waals surface area contributed by atoms with Crippen LogP contribution in [-0.4, -0.2) is 27.8 Å². The number of ether oxygens (including phenoxy) is 1. The van der Waals surface area contributed by atoms with Crippen LogP contribution in [0.1, 0.15) is 25.3 Å². The van der Waals surface area contributed by atoms with E-state index in [0.29, 0.717) is 35.2 Å². The number of rotatable bonds is 8. The summed E-state index contributed by atoms with van der Waals surface area (Å²) in [5.74, 6) is 0.370. The summed E-state index contributed by atoms with van der Waals surface area (Å²) in [5.41, 5.74) is 5.23. The average Bonchev–Trinajstić information content (AvgIpc) is 3.25. The van der Waals surface area contributed by atoms with Gasteiger partial charge in [0, 0.05) is 29.5 Å². The SMILES string of the molecule is CC(=NNC(=O)CCCOc1ccc(Cl)cc1Cl)c1ccc(-n2ccnc2)cc1. The molecule has 8 heteroatoms. The molecule has 150 valence electrons. The lowest BCUT2D eigenvalue weighted by Crippen LogP contribution is -2.19. The summed E-state index contributed by atoms with van der Waals surface area (Å²) in [7, 11) is 0. The maximum absolute atomic E-state index is 12.0. The molecule has 0 saturated heterocycles. The highest BCUT2D eigenvalue weighted by Crippen LogP contribution is 2.27. The van der Waals surface area contributed by atoms with Crippen molar-refractivity contribution in [2.45, 2.75) is 19.8 Å². The Labute approximate surface area is 179 Å². The molecule has 29 heavy (non-hydrogen) atoms. The predicted molar refractivity (Wildman–Crippen MR) is 115 cm³/mol. The molecule has 0 spiro atoms. The van der Waals surface area contributed by atoms with Crippen LogP contribution in [0.3, 0.4) is 0 Å². The Morgan fingerprint density at radius 3 is 2.69 bits per heavy atom. The van der Waals surface area contributed by atoms with E-state index in [1.807, 2.05) is 42.0 Å². The Balaban J connectivity index is 1.43. The third-order valence-electron chi connectivity index (χ3n) is 4.14. The van der Waals surface area contributed by atoms with Gasteiger partial charge in [-0.25, -0.2) is 10.4 Å². The zero-order valence-electron chi connectivity index (χ0n) is 15.8. The van der Waals surface area contributed by atoms with E-state index >= 15 is 0 Å². The van der Waals surface area contributed by atoms with Crippen molar-refractivity contribution in [3.05, 3.63) is 76.8 Å². The molecule has 0 saturated carbocycles. The fourth-order valence-electron chi connectivity index (χ4n) is 2.56. The normalized spacial score (nSPS) is 11.3. The number of imidazole rings is 1. The van der Waals surface area contributed by atoms with Crippen molar-refractivity contribution in [2.24, 2.45) is 5.10 Å². The van der Waals surface area contributed by atoms with Crippen LogP contribution in [0, 0.1) is 0 Å². The standard InChI is InChI=1S/C21H20Cl2N4O2/c1-15(16-4-7-18(8-5-16)27-11-10-24-14-27)25-26-21(28)3-2-12-29-20-9-6-17(22)13-19(20)23/h4-11,13-14H,2-3,12H2,1H3,(H,26,28). The number of hydrazone groups is 1. The number of hydrogen-bond donors (Lipinski definition) is 1. The lowest BCUT2D eigenvalue weighted by molar-refractivity contribution is -0.121. The molecule has 3 rings (SSSR count). The van der Waals surface area contributed by atoms with Crippen LogP contribution in [0.25, 0.3) is 5.69 Å². The second-order valence-electron chi connectivity index (χ2n) is 6.28. The zero-order chi connectivity index (χ0) is 20.6. The van der Waals surface area contributed by atoms with Gasteiger partial charge in [-0.2, -0.15) is 5.10 Å². The first-order valence-corrected chi connectivity index (χ1v) is 9.78. The molecular weight excluding hydrogens is 411 g/mol. The number of carbonyl (C=O) groups excluding carboxylic acids is 1. The molecule has 0 fully saturated rings. The maximum Gasteiger partial charge on any atom is 0.240 e. The van der Waals surface area contributed by atoms with Crippen LogP contribution in [0.15, 0.2) is 66.3 Å². The van der Waals surface area contributed by atoms with Gasteiger partial charge in [0.15, 0.2) is 0 Å². The highest BCUT2D eigenvalue weighted by atomic mass is 35.5. The predicted octanol–water partition coefficient (Wildman–Crippen LogP) is 4.88. The van der Waals surface area contributed by atoms with Crippen LogP contribution in [0.5, 0.6) is 5.75 Å². The molecule has 6 nitrogen and oxygen atoms in total. The molecule has 2 aromatic carbocycles. The molecule has 0 aliphatic rings. The van der Waals surface area contributed by atoms with E-state index in [4.69, 9.17) is 27.9 Å². The van der Waals surface area contributed by atoms with Crippen LogP contribution in [-0.2, 0) is 4.79 Å². The van der Waals surface area contributed by atoms with E-state index in [1.165, 1.54) is 0 Å². The largest absolute Gasteiger partial charge is 0.492 e. The molecule has 0 atom stereocenters. The fraction of sp³-hybridized carbons (Fsp3) is 0.190. The molecule has 0 bridgehead atoms. The summed E-state index contributed by atoms with van der Waals surface area (Å²) in [5, 5.41) is 5.16. The quantitative estimate of drug-likeness (QED) is 0.314. The number of nitrogens with one attached hydrogen (secondary N) is 1.